The monoisotopic (exact) mass is 367 g/mol. The number of sulfonamides is 1. The number of hydrogen-bond acceptors (Lipinski definition) is 6. The van der Waals surface area contributed by atoms with E-state index in [9.17, 15) is 18.5 Å². The number of halogens is 1. The van der Waals surface area contributed by atoms with E-state index in [2.05, 4.69) is 10.0 Å². The molecule has 0 radical (unpaired) electrons. The number of rotatable bonds is 9. The van der Waals surface area contributed by atoms with Crippen LogP contribution in [0.3, 0.4) is 0 Å². The molecule has 0 saturated carbocycles. The molecule has 0 fully saturated rings. The van der Waals surface area contributed by atoms with E-state index in [4.69, 9.17) is 4.74 Å². The molecule has 0 amide bonds. The molecule has 0 saturated heterocycles. The molecule has 0 aliphatic heterocycles. The Morgan fingerprint density at radius 2 is 1.78 bits per heavy atom. The van der Waals surface area contributed by atoms with Crippen LogP contribution in [0.4, 0.5) is 5.69 Å². The number of hydrogen-bond donors (Lipinski definition) is 2. The lowest BCUT2D eigenvalue weighted by Crippen LogP contribution is -2.33. The molecule has 0 aliphatic rings. The molecular formula is C13H22ClN3O5S. The van der Waals surface area contributed by atoms with Crippen molar-refractivity contribution in [2.24, 2.45) is 0 Å². The topological polar surface area (TPSA) is 111 Å². The van der Waals surface area contributed by atoms with Gasteiger partial charge in [0, 0.05) is 32.8 Å². The molecule has 0 heterocycles. The third-order valence-corrected chi connectivity index (χ3v) is 4.63. The SMILES string of the molecule is COCCNCCNS(=O)(=O)c1cc(C)c(C)cc1[N+](=O)[O-].Cl. The van der Waals surface area contributed by atoms with Gasteiger partial charge in [-0.05, 0) is 31.0 Å². The number of methoxy groups -OCH3 is 1. The lowest BCUT2D eigenvalue weighted by atomic mass is 10.1. The highest BCUT2D eigenvalue weighted by Crippen LogP contribution is 2.26. The Labute approximate surface area is 142 Å². The van der Waals surface area contributed by atoms with E-state index >= 15 is 0 Å². The lowest BCUT2D eigenvalue weighted by molar-refractivity contribution is -0.387. The van der Waals surface area contributed by atoms with E-state index < -0.39 is 20.6 Å². The van der Waals surface area contributed by atoms with E-state index in [1.807, 2.05) is 0 Å². The summed E-state index contributed by atoms with van der Waals surface area (Å²) in [4.78, 5) is 10.1. The maximum absolute atomic E-state index is 12.2. The first kappa shape index (κ1) is 21.7. The minimum Gasteiger partial charge on any atom is -0.383 e. The summed E-state index contributed by atoms with van der Waals surface area (Å²) in [5, 5.41) is 14.0. The second-order valence-electron chi connectivity index (χ2n) is 4.80. The van der Waals surface area contributed by atoms with Crippen LogP contribution in [0, 0.1) is 24.0 Å². The fraction of sp³-hybridized carbons (Fsp3) is 0.538. The van der Waals surface area contributed by atoms with Gasteiger partial charge in [-0.2, -0.15) is 0 Å². The first-order valence-electron chi connectivity index (χ1n) is 6.74. The van der Waals surface area contributed by atoms with Gasteiger partial charge in [0.05, 0.1) is 11.5 Å². The largest absolute Gasteiger partial charge is 0.383 e. The number of aryl methyl sites for hydroxylation is 2. The first-order valence-corrected chi connectivity index (χ1v) is 8.23. The minimum absolute atomic E-state index is 0. The van der Waals surface area contributed by atoms with Crippen LogP contribution in [-0.2, 0) is 14.8 Å². The van der Waals surface area contributed by atoms with E-state index in [1.165, 1.54) is 12.1 Å². The van der Waals surface area contributed by atoms with Crippen molar-refractivity contribution in [3.8, 4) is 0 Å². The number of nitro benzene ring substituents is 1. The standard InChI is InChI=1S/C13H21N3O5S.ClH/c1-10-8-12(16(17)18)13(9-11(10)2)22(19,20)15-5-4-14-6-7-21-3;/h8-9,14-15H,4-7H2,1-3H3;1H. The molecule has 0 atom stereocenters. The summed E-state index contributed by atoms with van der Waals surface area (Å²) in [5.41, 5.74) is 0.944. The van der Waals surface area contributed by atoms with Crippen molar-refractivity contribution in [1.29, 1.82) is 0 Å². The van der Waals surface area contributed by atoms with Crippen LogP contribution >= 0.6 is 12.4 Å². The molecule has 0 spiro atoms. The van der Waals surface area contributed by atoms with E-state index in [1.54, 1.807) is 21.0 Å². The molecule has 1 aromatic carbocycles. The van der Waals surface area contributed by atoms with Crippen molar-refractivity contribution < 1.29 is 18.1 Å². The maximum Gasteiger partial charge on any atom is 0.289 e. The van der Waals surface area contributed by atoms with Crippen molar-refractivity contribution in [1.82, 2.24) is 10.0 Å². The van der Waals surface area contributed by atoms with Crippen LogP contribution in [0.15, 0.2) is 17.0 Å². The average Bonchev–Trinajstić information content (AvgIpc) is 2.44. The summed E-state index contributed by atoms with van der Waals surface area (Å²) >= 11 is 0. The van der Waals surface area contributed by atoms with Gasteiger partial charge in [-0.3, -0.25) is 10.1 Å². The van der Waals surface area contributed by atoms with Crippen molar-refractivity contribution in [2.45, 2.75) is 18.7 Å². The molecule has 0 bridgehead atoms. The number of benzene rings is 1. The van der Waals surface area contributed by atoms with Gasteiger partial charge in [-0.25, -0.2) is 13.1 Å². The zero-order valence-electron chi connectivity index (χ0n) is 13.3. The van der Waals surface area contributed by atoms with Crippen LogP contribution in [0.2, 0.25) is 0 Å². The third-order valence-electron chi connectivity index (χ3n) is 3.14. The fourth-order valence-electron chi connectivity index (χ4n) is 1.78. The highest BCUT2D eigenvalue weighted by molar-refractivity contribution is 7.89. The highest BCUT2D eigenvalue weighted by atomic mass is 35.5. The summed E-state index contributed by atoms with van der Waals surface area (Å²) in [6.45, 7) is 5.07. The first-order chi connectivity index (χ1) is 10.3. The van der Waals surface area contributed by atoms with E-state index in [0.717, 1.165) is 0 Å². The van der Waals surface area contributed by atoms with Gasteiger partial charge in [0.15, 0.2) is 4.90 Å². The third kappa shape index (κ3) is 6.40. The van der Waals surface area contributed by atoms with Crippen LogP contribution in [0.25, 0.3) is 0 Å². The molecule has 2 N–H and O–H groups in total. The number of ether oxygens (including phenoxy) is 1. The molecule has 8 nitrogen and oxygen atoms in total. The predicted molar refractivity (Wildman–Crippen MR) is 89.8 cm³/mol. The second kappa shape index (κ2) is 9.78. The van der Waals surface area contributed by atoms with Crippen molar-refractivity contribution in [3.05, 3.63) is 33.4 Å². The van der Waals surface area contributed by atoms with Crippen molar-refractivity contribution in [2.75, 3.05) is 33.4 Å². The minimum atomic E-state index is -3.93. The summed E-state index contributed by atoms with van der Waals surface area (Å²) in [6, 6.07) is 2.61. The molecule has 132 valence electrons. The Morgan fingerprint density at radius 1 is 1.17 bits per heavy atom. The summed E-state index contributed by atoms with van der Waals surface area (Å²) in [5.74, 6) is 0. The van der Waals surface area contributed by atoms with Gasteiger partial charge < -0.3 is 10.1 Å². The Hall–Kier alpha value is -1.26. The zero-order valence-corrected chi connectivity index (χ0v) is 14.9. The molecule has 0 aliphatic carbocycles. The van der Waals surface area contributed by atoms with Gasteiger partial charge in [0.1, 0.15) is 0 Å². The predicted octanol–water partition coefficient (Wildman–Crippen LogP) is 1.15. The lowest BCUT2D eigenvalue weighted by Gasteiger charge is -2.10. The normalized spacial score (nSPS) is 11.1. The summed E-state index contributed by atoms with van der Waals surface area (Å²) < 4.78 is 31.7. The Bertz CT molecular complexity index is 637. The smallest absolute Gasteiger partial charge is 0.289 e. The van der Waals surface area contributed by atoms with Gasteiger partial charge in [0.25, 0.3) is 5.69 Å². The van der Waals surface area contributed by atoms with Crippen molar-refractivity contribution in [3.63, 3.8) is 0 Å². The number of nitrogens with one attached hydrogen (secondary N) is 2. The van der Waals surface area contributed by atoms with Crippen LogP contribution in [-0.4, -0.2) is 46.7 Å². The summed E-state index contributed by atoms with van der Waals surface area (Å²) in [6.07, 6.45) is 0. The molecule has 10 heteroatoms. The average molecular weight is 368 g/mol. The van der Waals surface area contributed by atoms with E-state index in [-0.39, 0.29) is 23.8 Å². The Balaban J connectivity index is 0.00000484. The molecule has 1 rings (SSSR count). The van der Waals surface area contributed by atoms with Gasteiger partial charge in [-0.15, -0.1) is 12.4 Å². The number of nitro groups is 1. The summed E-state index contributed by atoms with van der Waals surface area (Å²) in [7, 11) is -2.36. The maximum atomic E-state index is 12.2. The Kier molecular flexibility index (Phi) is 9.25. The molecule has 0 unspecified atom stereocenters. The molecule has 0 aromatic heterocycles. The van der Waals surface area contributed by atoms with Crippen LogP contribution in [0.5, 0.6) is 0 Å². The fourth-order valence-corrected chi connectivity index (χ4v) is 3.05. The molecule has 1 aromatic rings. The highest BCUT2D eigenvalue weighted by Gasteiger charge is 2.26. The molecular weight excluding hydrogens is 346 g/mol. The van der Waals surface area contributed by atoms with E-state index in [0.29, 0.717) is 30.8 Å². The number of nitrogens with zero attached hydrogens (tertiary/aromatic N) is 1. The van der Waals surface area contributed by atoms with Crippen LogP contribution < -0.4 is 10.0 Å². The quantitative estimate of drug-likeness (QED) is 0.385. The zero-order chi connectivity index (χ0) is 16.8. The van der Waals surface area contributed by atoms with Crippen molar-refractivity contribution >= 4 is 28.1 Å². The van der Waals surface area contributed by atoms with Crippen LogP contribution in [0.1, 0.15) is 11.1 Å². The van der Waals surface area contributed by atoms with Gasteiger partial charge in [-0.1, -0.05) is 0 Å². The van der Waals surface area contributed by atoms with Gasteiger partial charge >= 0.3 is 0 Å². The van der Waals surface area contributed by atoms with Gasteiger partial charge in [0.2, 0.25) is 10.0 Å². The molecule has 23 heavy (non-hydrogen) atoms. The Morgan fingerprint density at radius 3 is 2.35 bits per heavy atom. The second-order valence-corrected chi connectivity index (χ2v) is 6.54.